The summed E-state index contributed by atoms with van der Waals surface area (Å²) in [5.41, 5.74) is 2.33. The van der Waals surface area contributed by atoms with E-state index in [9.17, 15) is 9.59 Å². The molecule has 142 valence electrons. The third-order valence-electron chi connectivity index (χ3n) is 5.96. The molecular formula is C21H31N3O2. The highest BCUT2D eigenvalue weighted by atomic mass is 16.2. The maximum absolute atomic E-state index is 13.1. The van der Waals surface area contributed by atoms with Gasteiger partial charge in [-0.05, 0) is 43.9 Å². The van der Waals surface area contributed by atoms with Gasteiger partial charge in [-0.15, -0.1) is 0 Å². The van der Waals surface area contributed by atoms with Crippen LogP contribution in [0.15, 0.2) is 24.3 Å². The van der Waals surface area contributed by atoms with E-state index in [2.05, 4.69) is 29.7 Å². The Morgan fingerprint density at radius 1 is 1.31 bits per heavy atom. The number of hydrogen-bond acceptors (Lipinski definition) is 3. The van der Waals surface area contributed by atoms with Gasteiger partial charge in [0.15, 0.2) is 0 Å². The Hall–Kier alpha value is -1.88. The average molecular weight is 357 g/mol. The number of piperidine rings is 1. The third-order valence-corrected chi connectivity index (χ3v) is 5.96. The van der Waals surface area contributed by atoms with Crippen LogP contribution in [-0.4, -0.2) is 41.4 Å². The first kappa shape index (κ1) is 18.9. The topological polar surface area (TPSA) is 61.4 Å². The lowest BCUT2D eigenvalue weighted by Crippen LogP contribution is -2.59. The highest BCUT2D eigenvalue weighted by molar-refractivity contribution is 5.89. The molecule has 1 fully saturated rings. The van der Waals surface area contributed by atoms with Crippen LogP contribution in [0.1, 0.15) is 51.2 Å². The molecule has 5 heteroatoms. The predicted molar refractivity (Wildman–Crippen MR) is 103 cm³/mol. The fourth-order valence-electron chi connectivity index (χ4n) is 3.97. The van der Waals surface area contributed by atoms with E-state index in [1.807, 2.05) is 26.0 Å². The summed E-state index contributed by atoms with van der Waals surface area (Å²) < 4.78 is 0. The van der Waals surface area contributed by atoms with Gasteiger partial charge < -0.3 is 15.5 Å². The number of carbonyl (C=O) groups excluding carboxylic acids is 2. The van der Waals surface area contributed by atoms with Gasteiger partial charge in [-0.25, -0.2) is 0 Å². The monoisotopic (exact) mass is 357 g/mol. The second kappa shape index (κ2) is 8.21. The van der Waals surface area contributed by atoms with Crippen LogP contribution in [0.25, 0.3) is 0 Å². The highest BCUT2D eigenvalue weighted by Gasteiger charge is 2.37. The number of benzene rings is 1. The van der Waals surface area contributed by atoms with E-state index >= 15 is 0 Å². The molecule has 2 aliphatic heterocycles. The summed E-state index contributed by atoms with van der Waals surface area (Å²) in [5.74, 6) is -0.000454. The molecule has 4 atom stereocenters. The van der Waals surface area contributed by atoms with Gasteiger partial charge >= 0.3 is 0 Å². The van der Waals surface area contributed by atoms with Crippen LogP contribution in [0, 0.1) is 5.92 Å². The minimum Gasteiger partial charge on any atom is -0.350 e. The van der Waals surface area contributed by atoms with Crippen molar-refractivity contribution in [2.24, 2.45) is 5.92 Å². The molecule has 0 aliphatic carbocycles. The fraction of sp³-hybridized carbons (Fsp3) is 0.619. The molecule has 0 radical (unpaired) electrons. The Morgan fingerprint density at radius 3 is 2.73 bits per heavy atom. The first-order valence-corrected chi connectivity index (χ1v) is 9.92. The van der Waals surface area contributed by atoms with Gasteiger partial charge in [0.25, 0.3) is 0 Å². The molecule has 0 saturated carbocycles. The molecule has 2 amide bonds. The summed E-state index contributed by atoms with van der Waals surface area (Å²) in [6.45, 7) is 7.61. The van der Waals surface area contributed by atoms with Crippen LogP contribution in [0.3, 0.4) is 0 Å². The smallest absolute Gasteiger partial charge is 0.243 e. The van der Waals surface area contributed by atoms with Crippen molar-refractivity contribution in [3.05, 3.63) is 35.4 Å². The van der Waals surface area contributed by atoms with Crippen LogP contribution in [0.2, 0.25) is 0 Å². The molecular weight excluding hydrogens is 326 g/mol. The molecule has 0 spiro atoms. The minimum absolute atomic E-state index is 0.0169. The summed E-state index contributed by atoms with van der Waals surface area (Å²) in [7, 11) is 0. The van der Waals surface area contributed by atoms with E-state index in [0.717, 1.165) is 31.4 Å². The molecule has 2 heterocycles. The van der Waals surface area contributed by atoms with Gasteiger partial charge in [0.1, 0.15) is 6.04 Å². The van der Waals surface area contributed by atoms with Crippen LogP contribution < -0.4 is 10.6 Å². The van der Waals surface area contributed by atoms with E-state index in [-0.39, 0.29) is 29.8 Å². The lowest BCUT2D eigenvalue weighted by molar-refractivity contribution is -0.145. The van der Waals surface area contributed by atoms with E-state index in [1.54, 1.807) is 4.90 Å². The second-order valence-corrected chi connectivity index (χ2v) is 7.76. The maximum atomic E-state index is 13.1. The molecule has 0 aromatic heterocycles. The molecule has 0 bridgehead atoms. The van der Waals surface area contributed by atoms with Crippen LogP contribution in [0.5, 0.6) is 0 Å². The van der Waals surface area contributed by atoms with Crippen LogP contribution in [0.4, 0.5) is 0 Å². The largest absolute Gasteiger partial charge is 0.350 e. The number of hydrogen-bond donors (Lipinski definition) is 2. The lowest BCUT2D eigenvalue weighted by Gasteiger charge is -2.39. The number of carbonyl (C=O) groups is 2. The van der Waals surface area contributed by atoms with Crippen molar-refractivity contribution in [2.45, 2.75) is 71.1 Å². The van der Waals surface area contributed by atoms with Gasteiger partial charge in [-0.1, -0.05) is 38.1 Å². The zero-order valence-electron chi connectivity index (χ0n) is 16.1. The second-order valence-electron chi connectivity index (χ2n) is 7.76. The van der Waals surface area contributed by atoms with Crippen molar-refractivity contribution in [2.75, 3.05) is 6.54 Å². The summed E-state index contributed by atoms with van der Waals surface area (Å²) in [4.78, 5) is 27.9. The SMILES string of the molecule is CCC(C)C(=O)N1Cc2ccccc2CC1C(=O)NC1CCCNC1C. The number of rotatable bonds is 4. The van der Waals surface area contributed by atoms with Crippen LogP contribution >= 0.6 is 0 Å². The van der Waals surface area contributed by atoms with Gasteiger partial charge in [0, 0.05) is 31.0 Å². The van der Waals surface area contributed by atoms with Crippen molar-refractivity contribution in [3.8, 4) is 0 Å². The lowest BCUT2D eigenvalue weighted by atomic mass is 9.91. The van der Waals surface area contributed by atoms with E-state index in [0.29, 0.717) is 13.0 Å². The van der Waals surface area contributed by atoms with Gasteiger partial charge in [0.2, 0.25) is 11.8 Å². The Labute approximate surface area is 156 Å². The normalized spacial score (nSPS) is 26.7. The summed E-state index contributed by atoms with van der Waals surface area (Å²) >= 11 is 0. The summed E-state index contributed by atoms with van der Waals surface area (Å²) in [6, 6.07) is 8.13. The molecule has 1 aromatic carbocycles. The highest BCUT2D eigenvalue weighted by Crippen LogP contribution is 2.26. The number of fused-ring (bicyclic) bond motifs is 1. The Kier molecular flexibility index (Phi) is 5.97. The Balaban J connectivity index is 1.81. The zero-order chi connectivity index (χ0) is 18.7. The van der Waals surface area contributed by atoms with E-state index in [1.165, 1.54) is 5.56 Å². The molecule has 4 unspecified atom stereocenters. The number of nitrogens with one attached hydrogen (secondary N) is 2. The van der Waals surface area contributed by atoms with Crippen molar-refractivity contribution >= 4 is 11.8 Å². The molecule has 26 heavy (non-hydrogen) atoms. The number of amides is 2. The summed E-state index contributed by atoms with van der Waals surface area (Å²) in [5, 5.41) is 6.64. The van der Waals surface area contributed by atoms with Gasteiger partial charge in [-0.3, -0.25) is 9.59 Å². The molecule has 3 rings (SSSR count). The van der Waals surface area contributed by atoms with Crippen molar-refractivity contribution in [3.63, 3.8) is 0 Å². The molecule has 2 aliphatic rings. The standard InChI is InChI=1S/C21H31N3O2/c1-4-14(2)21(26)24-13-17-9-6-5-8-16(17)12-19(24)20(25)23-18-10-7-11-22-15(18)3/h5-6,8-9,14-15,18-19,22H,4,7,10-13H2,1-3H3,(H,23,25). The molecule has 1 aromatic rings. The van der Waals surface area contributed by atoms with E-state index in [4.69, 9.17) is 0 Å². The molecule has 1 saturated heterocycles. The zero-order valence-corrected chi connectivity index (χ0v) is 16.1. The maximum Gasteiger partial charge on any atom is 0.243 e. The van der Waals surface area contributed by atoms with Crippen LogP contribution in [-0.2, 0) is 22.6 Å². The number of nitrogens with zero attached hydrogens (tertiary/aromatic N) is 1. The van der Waals surface area contributed by atoms with Gasteiger partial charge in [-0.2, -0.15) is 0 Å². The third kappa shape index (κ3) is 3.93. The Morgan fingerprint density at radius 2 is 2.04 bits per heavy atom. The molecule has 5 nitrogen and oxygen atoms in total. The van der Waals surface area contributed by atoms with Crippen molar-refractivity contribution in [1.82, 2.24) is 15.5 Å². The quantitative estimate of drug-likeness (QED) is 0.869. The minimum atomic E-state index is -0.416. The van der Waals surface area contributed by atoms with Gasteiger partial charge in [0.05, 0.1) is 0 Å². The van der Waals surface area contributed by atoms with Crippen molar-refractivity contribution < 1.29 is 9.59 Å². The predicted octanol–water partition coefficient (Wildman–Crippen LogP) is 2.24. The first-order chi connectivity index (χ1) is 12.5. The Bertz CT molecular complexity index is 660. The molecule has 2 N–H and O–H groups in total. The summed E-state index contributed by atoms with van der Waals surface area (Å²) in [6.07, 6.45) is 3.44. The fourth-order valence-corrected chi connectivity index (χ4v) is 3.97. The van der Waals surface area contributed by atoms with Crippen molar-refractivity contribution in [1.29, 1.82) is 0 Å². The average Bonchev–Trinajstić information content (AvgIpc) is 2.67. The van der Waals surface area contributed by atoms with E-state index < -0.39 is 6.04 Å². The first-order valence-electron chi connectivity index (χ1n) is 9.92.